The van der Waals surface area contributed by atoms with E-state index in [1.807, 2.05) is 24.3 Å². The highest BCUT2D eigenvalue weighted by molar-refractivity contribution is 5.86. The summed E-state index contributed by atoms with van der Waals surface area (Å²) in [6.45, 7) is 1.71. The minimum absolute atomic E-state index is 0.0194. The van der Waals surface area contributed by atoms with Crippen LogP contribution in [0.3, 0.4) is 0 Å². The molecule has 1 aliphatic carbocycles. The molecule has 1 aromatic carbocycles. The SMILES string of the molecule is COc1ccc(CCN(C[C@@H]2CCCO2)C(=O)NC2(C(=O)O)CCCC2)cc1. The molecule has 0 radical (unpaired) electrons. The summed E-state index contributed by atoms with van der Waals surface area (Å²) in [5.41, 5.74) is -0.0360. The van der Waals surface area contributed by atoms with Crippen molar-refractivity contribution < 1.29 is 24.2 Å². The summed E-state index contributed by atoms with van der Waals surface area (Å²) in [5.74, 6) is -0.145. The van der Waals surface area contributed by atoms with Crippen LogP contribution in [-0.4, -0.2) is 60.5 Å². The topological polar surface area (TPSA) is 88.1 Å². The average molecular weight is 390 g/mol. The van der Waals surface area contributed by atoms with Gasteiger partial charge >= 0.3 is 12.0 Å². The first-order valence-corrected chi connectivity index (χ1v) is 10.1. The standard InChI is InChI=1S/C21H30N2O5/c1-27-17-8-6-16(7-9-17)10-13-23(15-18-5-4-14-28-18)20(26)22-21(19(24)25)11-2-3-12-21/h6-9,18H,2-5,10-15H2,1H3,(H,22,26)(H,24,25)/t18-/m0/s1. The number of carboxylic acids is 1. The first-order valence-electron chi connectivity index (χ1n) is 10.1. The number of aliphatic carboxylic acids is 1. The van der Waals surface area contributed by atoms with Crippen molar-refractivity contribution >= 4 is 12.0 Å². The number of nitrogens with zero attached hydrogens (tertiary/aromatic N) is 1. The Labute approximate surface area is 166 Å². The van der Waals surface area contributed by atoms with E-state index in [4.69, 9.17) is 9.47 Å². The fourth-order valence-corrected chi connectivity index (χ4v) is 4.02. The maximum atomic E-state index is 13.0. The van der Waals surface area contributed by atoms with Crippen molar-refractivity contribution in [1.29, 1.82) is 0 Å². The lowest BCUT2D eigenvalue weighted by Gasteiger charge is -2.31. The van der Waals surface area contributed by atoms with Crippen LogP contribution in [0.25, 0.3) is 0 Å². The van der Waals surface area contributed by atoms with E-state index in [-0.39, 0.29) is 12.1 Å². The van der Waals surface area contributed by atoms with Crippen LogP contribution < -0.4 is 10.1 Å². The first kappa shape index (κ1) is 20.5. The normalized spacial score (nSPS) is 20.7. The van der Waals surface area contributed by atoms with Gasteiger partial charge in [0, 0.05) is 19.7 Å². The van der Waals surface area contributed by atoms with Crippen molar-refractivity contribution in [2.24, 2.45) is 0 Å². The Morgan fingerprint density at radius 1 is 1.25 bits per heavy atom. The number of methoxy groups -OCH3 is 1. The van der Waals surface area contributed by atoms with Crippen LogP contribution >= 0.6 is 0 Å². The summed E-state index contributed by atoms with van der Waals surface area (Å²) in [6.07, 6.45) is 5.25. The maximum Gasteiger partial charge on any atom is 0.329 e. The summed E-state index contributed by atoms with van der Waals surface area (Å²) in [6, 6.07) is 7.46. The molecule has 7 heteroatoms. The molecule has 7 nitrogen and oxygen atoms in total. The second kappa shape index (κ2) is 9.28. The van der Waals surface area contributed by atoms with Crippen LogP contribution in [0, 0.1) is 0 Å². The van der Waals surface area contributed by atoms with Crippen LogP contribution in [0.2, 0.25) is 0 Å². The Kier molecular flexibility index (Phi) is 6.78. The van der Waals surface area contributed by atoms with Gasteiger partial charge in [-0.15, -0.1) is 0 Å². The predicted molar refractivity (Wildman–Crippen MR) is 105 cm³/mol. The van der Waals surface area contributed by atoms with Gasteiger partial charge in [-0.05, 0) is 49.8 Å². The van der Waals surface area contributed by atoms with E-state index in [1.54, 1.807) is 12.0 Å². The lowest BCUT2D eigenvalue weighted by atomic mass is 9.98. The molecule has 0 aromatic heterocycles. The van der Waals surface area contributed by atoms with Gasteiger partial charge in [-0.2, -0.15) is 0 Å². The van der Waals surface area contributed by atoms with Crippen molar-refractivity contribution in [3.05, 3.63) is 29.8 Å². The molecule has 1 aromatic rings. The van der Waals surface area contributed by atoms with E-state index >= 15 is 0 Å². The van der Waals surface area contributed by atoms with Crippen LogP contribution in [-0.2, 0) is 16.0 Å². The molecule has 154 valence electrons. The van der Waals surface area contributed by atoms with Gasteiger partial charge in [0.2, 0.25) is 0 Å². The summed E-state index contributed by atoms with van der Waals surface area (Å²) in [4.78, 5) is 26.5. The highest BCUT2D eigenvalue weighted by atomic mass is 16.5. The molecule has 2 aliphatic rings. The summed E-state index contributed by atoms with van der Waals surface area (Å²) in [5, 5.41) is 12.5. The molecule has 1 aliphatic heterocycles. The third kappa shape index (κ3) is 4.95. The molecule has 2 amide bonds. The van der Waals surface area contributed by atoms with Crippen molar-refractivity contribution in [3.8, 4) is 5.75 Å². The van der Waals surface area contributed by atoms with Gasteiger partial charge in [0.15, 0.2) is 0 Å². The van der Waals surface area contributed by atoms with E-state index < -0.39 is 11.5 Å². The molecular formula is C21H30N2O5. The van der Waals surface area contributed by atoms with Crippen molar-refractivity contribution in [1.82, 2.24) is 10.2 Å². The minimum Gasteiger partial charge on any atom is -0.497 e. The lowest BCUT2D eigenvalue weighted by Crippen LogP contribution is -2.57. The second-order valence-electron chi connectivity index (χ2n) is 7.70. The Balaban J connectivity index is 1.66. The zero-order valence-electron chi connectivity index (χ0n) is 16.5. The summed E-state index contributed by atoms with van der Waals surface area (Å²) in [7, 11) is 1.63. The molecule has 1 atom stereocenters. The zero-order valence-corrected chi connectivity index (χ0v) is 16.5. The van der Waals surface area contributed by atoms with Crippen molar-refractivity contribution in [2.45, 2.75) is 56.6 Å². The van der Waals surface area contributed by atoms with Gasteiger partial charge in [0.05, 0.1) is 13.2 Å². The maximum absolute atomic E-state index is 13.0. The molecule has 3 rings (SSSR count). The van der Waals surface area contributed by atoms with E-state index in [9.17, 15) is 14.7 Å². The van der Waals surface area contributed by atoms with E-state index in [0.717, 1.165) is 43.6 Å². The fraction of sp³-hybridized carbons (Fsp3) is 0.619. The fourth-order valence-electron chi connectivity index (χ4n) is 4.02. The van der Waals surface area contributed by atoms with Crippen molar-refractivity contribution in [3.63, 3.8) is 0 Å². The Morgan fingerprint density at radius 3 is 2.54 bits per heavy atom. The highest BCUT2D eigenvalue weighted by Gasteiger charge is 2.43. The predicted octanol–water partition coefficient (Wildman–Crippen LogP) is 2.83. The summed E-state index contributed by atoms with van der Waals surface area (Å²) >= 11 is 0. The number of rotatable bonds is 8. The van der Waals surface area contributed by atoms with E-state index in [0.29, 0.717) is 32.4 Å². The number of amides is 2. The quantitative estimate of drug-likeness (QED) is 0.713. The van der Waals surface area contributed by atoms with Crippen LogP contribution in [0.4, 0.5) is 4.79 Å². The molecule has 1 saturated heterocycles. The number of hydrogen-bond acceptors (Lipinski definition) is 4. The number of carboxylic acid groups (broad SMARTS) is 1. The smallest absolute Gasteiger partial charge is 0.329 e. The van der Waals surface area contributed by atoms with Gasteiger partial charge in [0.25, 0.3) is 0 Å². The molecule has 0 unspecified atom stereocenters. The number of benzene rings is 1. The van der Waals surface area contributed by atoms with E-state index in [2.05, 4.69) is 5.32 Å². The molecular weight excluding hydrogens is 360 g/mol. The Bertz CT molecular complexity index is 664. The zero-order chi connectivity index (χ0) is 20.0. The molecule has 1 saturated carbocycles. The monoisotopic (exact) mass is 390 g/mol. The summed E-state index contributed by atoms with van der Waals surface area (Å²) < 4.78 is 10.9. The van der Waals surface area contributed by atoms with Crippen LogP contribution in [0.15, 0.2) is 24.3 Å². The molecule has 2 fully saturated rings. The average Bonchev–Trinajstić information content (AvgIpc) is 3.38. The van der Waals surface area contributed by atoms with Crippen LogP contribution in [0.5, 0.6) is 5.75 Å². The third-order valence-electron chi connectivity index (χ3n) is 5.78. The minimum atomic E-state index is -1.13. The van der Waals surface area contributed by atoms with Gasteiger partial charge in [0.1, 0.15) is 11.3 Å². The number of hydrogen-bond donors (Lipinski definition) is 2. The third-order valence-corrected chi connectivity index (χ3v) is 5.78. The van der Waals surface area contributed by atoms with Gasteiger partial charge in [-0.3, -0.25) is 0 Å². The Hall–Kier alpha value is -2.28. The van der Waals surface area contributed by atoms with E-state index in [1.165, 1.54) is 0 Å². The molecule has 1 heterocycles. The molecule has 2 N–H and O–H groups in total. The molecule has 28 heavy (non-hydrogen) atoms. The van der Waals surface area contributed by atoms with Gasteiger partial charge in [-0.1, -0.05) is 25.0 Å². The van der Waals surface area contributed by atoms with Crippen molar-refractivity contribution in [2.75, 3.05) is 26.8 Å². The highest BCUT2D eigenvalue weighted by Crippen LogP contribution is 2.30. The van der Waals surface area contributed by atoms with Gasteiger partial charge in [-0.25, -0.2) is 9.59 Å². The number of nitrogens with one attached hydrogen (secondary N) is 1. The van der Waals surface area contributed by atoms with Gasteiger partial charge < -0.3 is 24.8 Å². The number of ether oxygens (including phenoxy) is 2. The molecule has 0 bridgehead atoms. The van der Waals surface area contributed by atoms with Crippen LogP contribution in [0.1, 0.15) is 44.1 Å². The second-order valence-corrected chi connectivity index (χ2v) is 7.70. The number of carbonyl (C=O) groups excluding carboxylic acids is 1. The number of urea groups is 1. The largest absolute Gasteiger partial charge is 0.497 e. The lowest BCUT2D eigenvalue weighted by molar-refractivity contribution is -0.144. The first-order chi connectivity index (χ1) is 13.5. The Morgan fingerprint density at radius 2 is 1.96 bits per heavy atom. The molecule has 0 spiro atoms. The number of carbonyl (C=O) groups is 2.